The third kappa shape index (κ3) is 3.99. The first-order valence-electron chi connectivity index (χ1n) is 6.87. The fourth-order valence-electron chi connectivity index (χ4n) is 2.47. The summed E-state index contributed by atoms with van der Waals surface area (Å²) >= 11 is 0. The lowest BCUT2D eigenvalue weighted by Crippen LogP contribution is -2.52. The molecule has 1 heterocycles. The van der Waals surface area contributed by atoms with Crippen LogP contribution >= 0.6 is 0 Å². The van der Waals surface area contributed by atoms with E-state index >= 15 is 0 Å². The summed E-state index contributed by atoms with van der Waals surface area (Å²) in [6.07, 6.45) is 0.491. The van der Waals surface area contributed by atoms with Gasteiger partial charge in [-0.15, -0.1) is 0 Å². The Labute approximate surface area is 123 Å². The Kier molecular flexibility index (Phi) is 5.24. The Bertz CT molecular complexity index is 497. The van der Waals surface area contributed by atoms with E-state index in [4.69, 9.17) is 4.74 Å². The number of benzene rings is 1. The number of nitrogens with zero attached hydrogens (tertiary/aromatic N) is 2. The SMILES string of the molecule is COC(=O)[C@H](Cc1ccc([N+](=O)[O-])cc1)N1CCNCC1. The number of hydrogen-bond acceptors (Lipinski definition) is 6. The molecule has 0 aromatic heterocycles. The van der Waals surface area contributed by atoms with E-state index in [1.54, 1.807) is 12.1 Å². The molecular weight excluding hydrogens is 274 g/mol. The lowest BCUT2D eigenvalue weighted by molar-refractivity contribution is -0.384. The lowest BCUT2D eigenvalue weighted by Gasteiger charge is -2.33. The van der Waals surface area contributed by atoms with Gasteiger partial charge < -0.3 is 10.1 Å². The summed E-state index contributed by atoms with van der Waals surface area (Å²) in [7, 11) is 1.38. The van der Waals surface area contributed by atoms with E-state index in [9.17, 15) is 14.9 Å². The first kappa shape index (κ1) is 15.4. The van der Waals surface area contributed by atoms with Gasteiger partial charge in [0.05, 0.1) is 12.0 Å². The summed E-state index contributed by atoms with van der Waals surface area (Å²) in [5.74, 6) is -0.268. The summed E-state index contributed by atoms with van der Waals surface area (Å²) in [6, 6.07) is 5.95. The summed E-state index contributed by atoms with van der Waals surface area (Å²) in [5.41, 5.74) is 0.935. The Balaban J connectivity index is 2.10. The van der Waals surface area contributed by atoms with E-state index in [-0.39, 0.29) is 17.7 Å². The Hall–Kier alpha value is -1.99. The zero-order valence-corrected chi connectivity index (χ0v) is 11.9. The second kappa shape index (κ2) is 7.14. The molecule has 114 valence electrons. The summed E-state index contributed by atoms with van der Waals surface area (Å²) in [6.45, 7) is 3.25. The van der Waals surface area contributed by atoms with Crippen molar-refractivity contribution in [3.63, 3.8) is 0 Å². The average Bonchev–Trinajstić information content (AvgIpc) is 2.53. The molecule has 1 N–H and O–H groups in total. The predicted molar refractivity (Wildman–Crippen MR) is 77.0 cm³/mol. The predicted octanol–water partition coefficient (Wildman–Crippen LogP) is 0.584. The molecule has 1 aromatic carbocycles. The van der Waals surface area contributed by atoms with Crippen molar-refractivity contribution < 1.29 is 14.5 Å². The van der Waals surface area contributed by atoms with Crippen LogP contribution in [0.15, 0.2) is 24.3 Å². The fraction of sp³-hybridized carbons (Fsp3) is 0.500. The maximum atomic E-state index is 12.0. The highest BCUT2D eigenvalue weighted by atomic mass is 16.6. The van der Waals surface area contributed by atoms with Crippen molar-refractivity contribution in [1.82, 2.24) is 10.2 Å². The second-order valence-electron chi connectivity index (χ2n) is 4.95. The van der Waals surface area contributed by atoms with Gasteiger partial charge in [0, 0.05) is 38.3 Å². The van der Waals surface area contributed by atoms with Gasteiger partial charge in [-0.05, 0) is 12.0 Å². The van der Waals surface area contributed by atoms with Crippen molar-refractivity contribution in [1.29, 1.82) is 0 Å². The number of nitro groups is 1. The molecule has 0 unspecified atom stereocenters. The summed E-state index contributed by atoms with van der Waals surface area (Å²) in [4.78, 5) is 24.3. The van der Waals surface area contributed by atoms with Crippen LogP contribution in [0.2, 0.25) is 0 Å². The van der Waals surface area contributed by atoms with E-state index < -0.39 is 4.92 Å². The van der Waals surface area contributed by atoms with Crippen molar-refractivity contribution in [3.05, 3.63) is 39.9 Å². The van der Waals surface area contributed by atoms with E-state index in [2.05, 4.69) is 10.2 Å². The van der Waals surface area contributed by atoms with E-state index in [1.807, 2.05) is 0 Å². The second-order valence-corrected chi connectivity index (χ2v) is 4.95. The van der Waals surface area contributed by atoms with Gasteiger partial charge in [0.25, 0.3) is 5.69 Å². The van der Waals surface area contributed by atoms with Crippen molar-refractivity contribution in [2.45, 2.75) is 12.5 Å². The van der Waals surface area contributed by atoms with Gasteiger partial charge in [-0.1, -0.05) is 12.1 Å². The molecule has 0 bridgehead atoms. The molecule has 2 rings (SSSR count). The summed E-state index contributed by atoms with van der Waals surface area (Å²) in [5, 5.41) is 13.9. The minimum atomic E-state index is -0.433. The Morgan fingerprint density at radius 3 is 2.52 bits per heavy atom. The standard InChI is InChI=1S/C14H19N3O4/c1-21-14(18)13(16-8-6-15-7-9-16)10-11-2-4-12(5-3-11)17(19)20/h2-5,13,15H,6-10H2,1H3/t13-/m0/s1. The number of carbonyl (C=O) groups excluding carboxylic acids is 1. The van der Waals surface area contributed by atoms with E-state index in [1.165, 1.54) is 19.2 Å². The largest absolute Gasteiger partial charge is 0.468 e. The van der Waals surface area contributed by atoms with Crippen LogP contribution in [0.1, 0.15) is 5.56 Å². The van der Waals surface area contributed by atoms with Crippen LogP contribution in [0.3, 0.4) is 0 Å². The molecular formula is C14H19N3O4. The third-order valence-corrected chi connectivity index (χ3v) is 3.64. The number of ether oxygens (including phenoxy) is 1. The number of esters is 1. The first-order chi connectivity index (χ1) is 10.1. The Morgan fingerprint density at radius 2 is 2.00 bits per heavy atom. The molecule has 7 heteroatoms. The van der Waals surface area contributed by atoms with Crippen LogP contribution in [-0.2, 0) is 16.0 Å². The molecule has 1 saturated heterocycles. The van der Waals surface area contributed by atoms with Gasteiger partial charge in [0.2, 0.25) is 0 Å². The monoisotopic (exact) mass is 293 g/mol. The molecule has 0 aliphatic carbocycles. The molecule has 1 aliphatic heterocycles. The smallest absolute Gasteiger partial charge is 0.323 e. The molecule has 1 fully saturated rings. The van der Waals surface area contributed by atoms with Gasteiger partial charge in [0.15, 0.2) is 0 Å². The number of rotatable bonds is 5. The molecule has 1 aliphatic rings. The number of nitro benzene ring substituents is 1. The zero-order valence-electron chi connectivity index (χ0n) is 11.9. The van der Waals surface area contributed by atoms with Crippen molar-refractivity contribution in [3.8, 4) is 0 Å². The maximum Gasteiger partial charge on any atom is 0.323 e. The number of nitrogens with one attached hydrogen (secondary N) is 1. The highest BCUT2D eigenvalue weighted by Crippen LogP contribution is 2.16. The number of piperazine rings is 1. The van der Waals surface area contributed by atoms with E-state index in [0.29, 0.717) is 6.42 Å². The molecule has 21 heavy (non-hydrogen) atoms. The van der Waals surface area contributed by atoms with Gasteiger partial charge in [0.1, 0.15) is 6.04 Å². The number of methoxy groups -OCH3 is 1. The van der Waals surface area contributed by atoms with Crippen LogP contribution < -0.4 is 5.32 Å². The molecule has 0 amide bonds. The normalized spacial score (nSPS) is 17.2. The quantitative estimate of drug-likeness (QED) is 0.486. The van der Waals surface area contributed by atoms with Gasteiger partial charge in [-0.25, -0.2) is 0 Å². The minimum absolute atomic E-state index is 0.0514. The topological polar surface area (TPSA) is 84.7 Å². The van der Waals surface area contributed by atoms with Crippen molar-refractivity contribution >= 4 is 11.7 Å². The van der Waals surface area contributed by atoms with Crippen molar-refractivity contribution in [2.24, 2.45) is 0 Å². The van der Waals surface area contributed by atoms with Crippen LogP contribution in [0.25, 0.3) is 0 Å². The minimum Gasteiger partial charge on any atom is -0.468 e. The molecule has 0 saturated carbocycles. The molecule has 1 atom stereocenters. The van der Waals surface area contributed by atoms with Gasteiger partial charge in [-0.3, -0.25) is 19.8 Å². The van der Waals surface area contributed by atoms with Crippen LogP contribution in [0, 0.1) is 10.1 Å². The zero-order chi connectivity index (χ0) is 15.2. The molecule has 0 spiro atoms. The third-order valence-electron chi connectivity index (χ3n) is 3.64. The highest BCUT2D eigenvalue weighted by molar-refractivity contribution is 5.76. The van der Waals surface area contributed by atoms with E-state index in [0.717, 1.165) is 31.7 Å². The highest BCUT2D eigenvalue weighted by Gasteiger charge is 2.28. The number of non-ortho nitro benzene ring substituents is 1. The van der Waals surface area contributed by atoms with Crippen LogP contribution in [0.5, 0.6) is 0 Å². The Morgan fingerprint density at radius 1 is 1.38 bits per heavy atom. The molecule has 0 radical (unpaired) electrons. The van der Waals surface area contributed by atoms with Gasteiger partial charge in [-0.2, -0.15) is 0 Å². The van der Waals surface area contributed by atoms with Crippen LogP contribution in [-0.4, -0.2) is 55.1 Å². The molecule has 1 aromatic rings. The summed E-state index contributed by atoms with van der Waals surface area (Å²) < 4.78 is 4.89. The fourth-order valence-corrected chi connectivity index (χ4v) is 2.47. The first-order valence-corrected chi connectivity index (χ1v) is 6.87. The van der Waals surface area contributed by atoms with Crippen LogP contribution in [0.4, 0.5) is 5.69 Å². The van der Waals surface area contributed by atoms with Gasteiger partial charge >= 0.3 is 5.97 Å². The lowest BCUT2D eigenvalue weighted by atomic mass is 10.0. The average molecular weight is 293 g/mol. The maximum absolute atomic E-state index is 12.0. The van der Waals surface area contributed by atoms with Crippen molar-refractivity contribution in [2.75, 3.05) is 33.3 Å². The number of hydrogen-bond donors (Lipinski definition) is 1. The number of carbonyl (C=O) groups is 1. The molecule has 7 nitrogen and oxygen atoms in total.